The van der Waals surface area contributed by atoms with E-state index in [1.165, 1.54) is 4.90 Å². The Morgan fingerprint density at radius 2 is 2.16 bits per heavy atom. The Morgan fingerprint density at radius 1 is 1.40 bits per heavy atom. The molecule has 0 spiro atoms. The molecule has 2 aromatic rings. The number of carbonyl (C=O) groups is 2. The number of amides is 2. The van der Waals surface area contributed by atoms with Crippen LogP contribution in [-0.2, 0) is 9.59 Å². The fraction of sp³-hybridized carbons (Fsp3) is 0.235. The largest absolute Gasteiger partial charge is 0.477 e. The molecule has 2 heterocycles. The molecule has 0 bridgehead atoms. The molecule has 130 valence electrons. The van der Waals surface area contributed by atoms with Gasteiger partial charge >= 0.3 is 0 Å². The molecular weight excluding hydrogens is 344 g/mol. The minimum absolute atomic E-state index is 0.206. The number of hydrogen-bond donors (Lipinski definition) is 2. The van der Waals surface area contributed by atoms with Gasteiger partial charge in [0.05, 0.1) is 0 Å². The van der Waals surface area contributed by atoms with E-state index >= 15 is 0 Å². The molecule has 3 N–H and O–H groups in total. The van der Waals surface area contributed by atoms with Gasteiger partial charge in [-0.2, -0.15) is 0 Å². The molecule has 2 amide bonds. The lowest BCUT2D eigenvalue weighted by molar-refractivity contribution is -0.127. The highest BCUT2D eigenvalue weighted by molar-refractivity contribution is 6.31. The SMILES string of the molecule is Cc1c(Cl)cccc1NC(=O)CN1C(=O)C(C)Oc2ccc(N)nc21. The van der Waals surface area contributed by atoms with Gasteiger partial charge in [-0.25, -0.2) is 4.98 Å². The van der Waals surface area contributed by atoms with Gasteiger partial charge in [-0.15, -0.1) is 0 Å². The molecule has 8 heteroatoms. The molecule has 1 aliphatic heterocycles. The van der Waals surface area contributed by atoms with Gasteiger partial charge in [-0.1, -0.05) is 17.7 Å². The third-order valence-corrected chi connectivity index (χ3v) is 4.29. The van der Waals surface area contributed by atoms with Gasteiger partial charge < -0.3 is 15.8 Å². The predicted octanol–water partition coefficient (Wildman–Crippen LogP) is 2.38. The number of nitrogens with zero attached hydrogens (tertiary/aromatic N) is 2. The van der Waals surface area contributed by atoms with E-state index in [1.807, 2.05) is 0 Å². The summed E-state index contributed by atoms with van der Waals surface area (Å²) in [6, 6.07) is 8.43. The number of nitrogens with one attached hydrogen (secondary N) is 1. The summed E-state index contributed by atoms with van der Waals surface area (Å²) in [5, 5.41) is 3.31. The number of halogens is 1. The number of nitrogens with two attached hydrogens (primary N) is 1. The van der Waals surface area contributed by atoms with Crippen LogP contribution in [0, 0.1) is 6.92 Å². The number of pyridine rings is 1. The zero-order valence-electron chi connectivity index (χ0n) is 13.7. The summed E-state index contributed by atoms with van der Waals surface area (Å²) in [5.41, 5.74) is 7.04. The van der Waals surface area contributed by atoms with Crippen LogP contribution < -0.4 is 20.7 Å². The monoisotopic (exact) mass is 360 g/mol. The van der Waals surface area contributed by atoms with Crippen LogP contribution >= 0.6 is 11.6 Å². The smallest absolute Gasteiger partial charge is 0.269 e. The lowest BCUT2D eigenvalue weighted by atomic mass is 10.2. The number of hydrogen-bond acceptors (Lipinski definition) is 5. The molecule has 3 rings (SSSR count). The van der Waals surface area contributed by atoms with Crippen LogP contribution in [0.5, 0.6) is 5.75 Å². The number of carbonyl (C=O) groups excluding carboxylic acids is 2. The lowest BCUT2D eigenvalue weighted by Gasteiger charge is -2.31. The summed E-state index contributed by atoms with van der Waals surface area (Å²) in [6.45, 7) is 3.22. The molecule has 1 aromatic heterocycles. The molecule has 0 fully saturated rings. The first-order valence-electron chi connectivity index (χ1n) is 7.66. The van der Waals surface area contributed by atoms with Crippen LogP contribution in [0.1, 0.15) is 12.5 Å². The third-order valence-electron chi connectivity index (χ3n) is 3.88. The number of fused-ring (bicyclic) bond motifs is 1. The van der Waals surface area contributed by atoms with Crippen LogP contribution in [0.25, 0.3) is 0 Å². The minimum Gasteiger partial charge on any atom is -0.477 e. The number of ether oxygens (including phenoxy) is 1. The van der Waals surface area contributed by atoms with E-state index in [-0.39, 0.29) is 30.0 Å². The van der Waals surface area contributed by atoms with Crippen molar-refractivity contribution in [2.75, 3.05) is 22.5 Å². The van der Waals surface area contributed by atoms with E-state index in [4.69, 9.17) is 22.1 Å². The van der Waals surface area contributed by atoms with Crippen molar-refractivity contribution in [3.05, 3.63) is 40.9 Å². The highest BCUT2D eigenvalue weighted by Gasteiger charge is 2.34. The second-order valence-electron chi connectivity index (χ2n) is 5.70. The maximum absolute atomic E-state index is 12.4. The van der Waals surface area contributed by atoms with Crippen molar-refractivity contribution in [3.8, 4) is 5.75 Å². The van der Waals surface area contributed by atoms with E-state index < -0.39 is 6.10 Å². The molecule has 0 saturated carbocycles. The van der Waals surface area contributed by atoms with E-state index in [1.54, 1.807) is 44.2 Å². The average Bonchev–Trinajstić information content (AvgIpc) is 2.57. The molecule has 0 saturated heterocycles. The Kier molecular flexibility index (Phi) is 4.50. The molecule has 1 aliphatic rings. The van der Waals surface area contributed by atoms with Gasteiger partial charge in [0.2, 0.25) is 5.91 Å². The standard InChI is InChI=1S/C17H17ClN4O3/c1-9-11(18)4-3-5-12(9)20-15(23)8-22-16-13(6-7-14(19)21-16)25-10(2)17(22)24/h3-7,10H,8H2,1-2H3,(H2,19,21)(H,20,23). The molecule has 1 aromatic carbocycles. The summed E-state index contributed by atoms with van der Waals surface area (Å²) in [4.78, 5) is 30.3. The van der Waals surface area contributed by atoms with Gasteiger partial charge in [-0.3, -0.25) is 14.5 Å². The molecule has 0 aliphatic carbocycles. The maximum Gasteiger partial charge on any atom is 0.269 e. The first-order valence-corrected chi connectivity index (χ1v) is 8.04. The van der Waals surface area contributed by atoms with Crippen molar-refractivity contribution < 1.29 is 14.3 Å². The predicted molar refractivity (Wildman–Crippen MR) is 95.9 cm³/mol. The normalized spacial score (nSPS) is 16.2. The van der Waals surface area contributed by atoms with Gasteiger partial charge in [0.25, 0.3) is 5.91 Å². The Bertz CT molecular complexity index is 856. The van der Waals surface area contributed by atoms with Crippen LogP contribution in [0.15, 0.2) is 30.3 Å². The minimum atomic E-state index is -0.710. The number of benzene rings is 1. The van der Waals surface area contributed by atoms with Crippen molar-refractivity contribution in [2.45, 2.75) is 20.0 Å². The summed E-state index contributed by atoms with van der Waals surface area (Å²) in [5.74, 6) is 0.154. The second-order valence-corrected chi connectivity index (χ2v) is 6.11. The van der Waals surface area contributed by atoms with Crippen LogP contribution in [0.3, 0.4) is 0 Å². The topological polar surface area (TPSA) is 97.5 Å². The zero-order valence-corrected chi connectivity index (χ0v) is 14.5. The Morgan fingerprint density at radius 3 is 2.92 bits per heavy atom. The van der Waals surface area contributed by atoms with Gasteiger partial charge in [0.15, 0.2) is 17.7 Å². The van der Waals surface area contributed by atoms with E-state index in [0.717, 1.165) is 5.56 Å². The van der Waals surface area contributed by atoms with Gasteiger partial charge in [-0.05, 0) is 43.7 Å². The average molecular weight is 361 g/mol. The first kappa shape index (κ1) is 17.0. The van der Waals surface area contributed by atoms with E-state index in [0.29, 0.717) is 16.5 Å². The lowest BCUT2D eigenvalue weighted by Crippen LogP contribution is -2.48. The summed E-state index contributed by atoms with van der Waals surface area (Å²) in [7, 11) is 0. The Balaban J connectivity index is 1.84. The van der Waals surface area contributed by atoms with E-state index in [9.17, 15) is 9.59 Å². The molecule has 1 unspecified atom stereocenters. The zero-order chi connectivity index (χ0) is 18.1. The molecule has 25 heavy (non-hydrogen) atoms. The maximum atomic E-state index is 12.4. The van der Waals surface area contributed by atoms with Crippen molar-refractivity contribution >= 4 is 40.7 Å². The molecule has 0 radical (unpaired) electrons. The van der Waals surface area contributed by atoms with Crippen LogP contribution in [0.2, 0.25) is 5.02 Å². The van der Waals surface area contributed by atoms with Crippen LogP contribution in [0.4, 0.5) is 17.3 Å². The number of aromatic nitrogens is 1. The fourth-order valence-corrected chi connectivity index (χ4v) is 2.70. The molecule has 1 atom stereocenters. The van der Waals surface area contributed by atoms with Crippen molar-refractivity contribution in [2.24, 2.45) is 0 Å². The van der Waals surface area contributed by atoms with E-state index in [2.05, 4.69) is 10.3 Å². The number of nitrogen functional groups attached to an aromatic ring is 1. The summed E-state index contributed by atoms with van der Waals surface area (Å²) < 4.78 is 5.51. The number of rotatable bonds is 3. The van der Waals surface area contributed by atoms with Crippen LogP contribution in [-0.4, -0.2) is 29.4 Å². The fourth-order valence-electron chi connectivity index (χ4n) is 2.53. The number of anilines is 3. The molecule has 7 nitrogen and oxygen atoms in total. The van der Waals surface area contributed by atoms with Crippen molar-refractivity contribution in [1.82, 2.24) is 4.98 Å². The molecular formula is C17H17ClN4O3. The highest BCUT2D eigenvalue weighted by atomic mass is 35.5. The van der Waals surface area contributed by atoms with Crippen molar-refractivity contribution in [1.29, 1.82) is 0 Å². The highest BCUT2D eigenvalue weighted by Crippen LogP contribution is 2.33. The Labute approximate surface area is 149 Å². The summed E-state index contributed by atoms with van der Waals surface area (Å²) in [6.07, 6.45) is -0.710. The van der Waals surface area contributed by atoms with Gasteiger partial charge in [0.1, 0.15) is 12.4 Å². The Hall–Kier alpha value is -2.80. The quantitative estimate of drug-likeness (QED) is 0.875. The second kappa shape index (κ2) is 6.60. The van der Waals surface area contributed by atoms with Gasteiger partial charge in [0, 0.05) is 10.7 Å². The summed E-state index contributed by atoms with van der Waals surface area (Å²) >= 11 is 6.06. The third kappa shape index (κ3) is 3.36. The van der Waals surface area contributed by atoms with Crippen molar-refractivity contribution in [3.63, 3.8) is 0 Å². The first-order chi connectivity index (χ1) is 11.9.